The minimum atomic E-state index is -0.519. The molecule has 3 aromatic carbocycles. The number of halogens is 5. The third-order valence-corrected chi connectivity index (χ3v) is 7.25. The van der Waals surface area contributed by atoms with E-state index in [1.807, 2.05) is 43.3 Å². The second kappa shape index (κ2) is 11.7. The van der Waals surface area contributed by atoms with Gasteiger partial charge < -0.3 is 10.1 Å². The first-order valence-corrected chi connectivity index (χ1v) is 13.0. The molecule has 0 bridgehead atoms. The molecule has 0 aromatic heterocycles. The first kappa shape index (κ1) is 26.0. The fourth-order valence-electron chi connectivity index (χ4n) is 2.88. The highest BCUT2D eigenvalue weighted by atomic mass is 79.9. The number of nitrogens with zero attached hydrogens (tertiary/aromatic N) is 1. The fraction of sp³-hybridized carbons (Fsp3) is 0.0833. The number of ether oxygens (including phenoxy) is 1. The monoisotopic (exact) mass is 714 g/mol. The minimum absolute atomic E-state index is 0.0436. The van der Waals surface area contributed by atoms with Crippen LogP contribution < -0.4 is 10.1 Å². The normalized spacial score (nSPS) is 11.1. The molecule has 0 aliphatic carbocycles. The largest absolute Gasteiger partial charge is 0.486 e. The number of hydrogen-bond acceptors (Lipinski definition) is 3. The maximum absolute atomic E-state index is 12.8. The molecule has 9 heteroatoms. The number of carbonyl (C=O) groups excluding carboxylic acids is 1. The average Bonchev–Trinajstić information content (AvgIpc) is 2.75. The second-order valence-corrected chi connectivity index (χ2v) is 10.7. The van der Waals surface area contributed by atoms with Crippen LogP contribution in [0.25, 0.3) is 6.08 Å². The topological polar surface area (TPSA) is 62.1 Å². The van der Waals surface area contributed by atoms with Crippen molar-refractivity contribution in [3.8, 4) is 11.8 Å². The SMILES string of the molecule is Cc1cc(Br)c(NC(=O)/C(C#N)=C/c2cc(Br)c(OCc3ccccc3Cl)c(Br)c2)c(Br)c1. The third-order valence-electron chi connectivity index (χ3n) is 4.45. The molecule has 3 rings (SSSR count). The van der Waals surface area contributed by atoms with E-state index in [9.17, 15) is 10.1 Å². The lowest BCUT2D eigenvalue weighted by Gasteiger charge is -2.13. The van der Waals surface area contributed by atoms with Crippen LogP contribution in [0.2, 0.25) is 5.02 Å². The number of carbonyl (C=O) groups is 1. The summed E-state index contributed by atoms with van der Waals surface area (Å²) in [6.45, 7) is 2.23. The summed E-state index contributed by atoms with van der Waals surface area (Å²) in [4.78, 5) is 12.8. The summed E-state index contributed by atoms with van der Waals surface area (Å²) in [5.74, 6) is 0.0663. The van der Waals surface area contributed by atoms with Crippen LogP contribution >= 0.6 is 75.3 Å². The summed E-state index contributed by atoms with van der Waals surface area (Å²) in [6, 6.07) is 16.7. The third kappa shape index (κ3) is 6.71. The van der Waals surface area contributed by atoms with Crippen LogP contribution in [-0.2, 0) is 11.4 Å². The molecule has 33 heavy (non-hydrogen) atoms. The van der Waals surface area contributed by atoms with Crippen LogP contribution in [0.15, 0.2) is 72.0 Å². The Balaban J connectivity index is 1.82. The standard InChI is InChI=1S/C24H15Br4ClN2O2/c1-13-6-17(25)22(18(26)7-13)31-24(32)16(11-30)8-14-9-19(27)23(20(28)10-14)33-12-15-4-2-3-5-21(15)29/h2-10H,12H2,1H3,(H,31,32)/b16-8+. The van der Waals surface area contributed by atoms with Crippen molar-refractivity contribution in [2.75, 3.05) is 5.32 Å². The highest BCUT2D eigenvalue weighted by molar-refractivity contribution is 9.11. The zero-order chi connectivity index (χ0) is 24.1. The van der Waals surface area contributed by atoms with Crippen molar-refractivity contribution in [2.45, 2.75) is 13.5 Å². The van der Waals surface area contributed by atoms with E-state index >= 15 is 0 Å². The average molecular weight is 718 g/mol. The Labute approximate surface area is 230 Å². The first-order chi connectivity index (χ1) is 15.7. The summed E-state index contributed by atoms with van der Waals surface area (Å²) < 4.78 is 8.68. The molecule has 0 aliphatic heterocycles. The highest BCUT2D eigenvalue weighted by Gasteiger charge is 2.16. The zero-order valence-corrected chi connectivity index (χ0v) is 24.2. The second-order valence-electron chi connectivity index (χ2n) is 6.92. The molecule has 4 nitrogen and oxygen atoms in total. The van der Waals surface area contributed by atoms with Gasteiger partial charge in [-0.15, -0.1) is 0 Å². The Morgan fingerprint density at radius 3 is 2.24 bits per heavy atom. The number of benzene rings is 3. The Morgan fingerprint density at radius 2 is 1.67 bits per heavy atom. The number of aryl methyl sites for hydroxylation is 1. The minimum Gasteiger partial charge on any atom is -0.486 e. The van der Waals surface area contributed by atoms with Gasteiger partial charge in [0.15, 0.2) is 0 Å². The van der Waals surface area contributed by atoms with E-state index in [0.717, 1.165) is 11.1 Å². The van der Waals surface area contributed by atoms with Crippen molar-refractivity contribution in [3.63, 3.8) is 0 Å². The van der Waals surface area contributed by atoms with E-state index in [-0.39, 0.29) is 12.2 Å². The van der Waals surface area contributed by atoms with E-state index in [1.165, 1.54) is 6.08 Å². The van der Waals surface area contributed by atoms with Gasteiger partial charge in [-0.2, -0.15) is 5.26 Å². The van der Waals surface area contributed by atoms with Crippen LogP contribution in [0, 0.1) is 18.3 Å². The molecule has 0 radical (unpaired) electrons. The van der Waals surface area contributed by atoms with Gasteiger partial charge in [0.25, 0.3) is 5.91 Å². The number of anilines is 1. The Morgan fingerprint density at radius 1 is 1.06 bits per heavy atom. The van der Waals surface area contributed by atoms with Crippen LogP contribution in [0.5, 0.6) is 5.75 Å². The lowest BCUT2D eigenvalue weighted by molar-refractivity contribution is -0.112. The summed E-state index contributed by atoms with van der Waals surface area (Å²) >= 11 is 20.1. The number of hydrogen-bond donors (Lipinski definition) is 1. The van der Waals surface area contributed by atoms with Crippen molar-refractivity contribution < 1.29 is 9.53 Å². The van der Waals surface area contributed by atoms with Crippen LogP contribution in [-0.4, -0.2) is 5.91 Å². The van der Waals surface area contributed by atoms with Crippen LogP contribution in [0.4, 0.5) is 5.69 Å². The van der Waals surface area contributed by atoms with E-state index in [0.29, 0.717) is 39.9 Å². The van der Waals surface area contributed by atoms with Gasteiger partial charge in [-0.3, -0.25) is 4.79 Å². The number of amides is 1. The van der Waals surface area contributed by atoms with Crippen LogP contribution in [0.3, 0.4) is 0 Å². The fourth-order valence-corrected chi connectivity index (χ4v) is 6.14. The first-order valence-electron chi connectivity index (χ1n) is 9.43. The van der Waals surface area contributed by atoms with E-state index in [4.69, 9.17) is 16.3 Å². The van der Waals surface area contributed by atoms with Crippen molar-refractivity contribution in [1.29, 1.82) is 5.26 Å². The molecule has 0 fully saturated rings. The zero-order valence-electron chi connectivity index (χ0n) is 17.1. The summed E-state index contributed by atoms with van der Waals surface area (Å²) in [5.41, 5.74) is 3.04. The maximum Gasteiger partial charge on any atom is 0.266 e. The smallest absolute Gasteiger partial charge is 0.266 e. The quantitative estimate of drug-likeness (QED) is 0.205. The van der Waals surface area contributed by atoms with Crippen molar-refractivity contribution in [3.05, 3.63) is 93.7 Å². The van der Waals surface area contributed by atoms with Gasteiger partial charge in [0, 0.05) is 19.5 Å². The molecule has 168 valence electrons. The molecule has 0 atom stereocenters. The van der Waals surface area contributed by atoms with Gasteiger partial charge in [0.05, 0.1) is 14.6 Å². The Bertz CT molecular complexity index is 1260. The molecule has 0 aliphatic rings. The van der Waals surface area contributed by atoms with Gasteiger partial charge in [-0.25, -0.2) is 0 Å². The van der Waals surface area contributed by atoms with Gasteiger partial charge >= 0.3 is 0 Å². The predicted molar refractivity (Wildman–Crippen MR) is 146 cm³/mol. The molecule has 1 N–H and O–H groups in total. The van der Waals surface area contributed by atoms with Gasteiger partial charge in [0.2, 0.25) is 0 Å². The summed E-state index contributed by atoms with van der Waals surface area (Å²) in [6.07, 6.45) is 1.51. The summed E-state index contributed by atoms with van der Waals surface area (Å²) in [5, 5.41) is 13.0. The lowest BCUT2D eigenvalue weighted by Crippen LogP contribution is -2.14. The Hall–Kier alpha value is -1.63. The molecule has 1 amide bonds. The Kier molecular flexibility index (Phi) is 9.19. The molecule has 3 aromatic rings. The number of nitriles is 1. The molecular formula is C24H15Br4ClN2O2. The van der Waals surface area contributed by atoms with E-state index in [1.54, 1.807) is 18.2 Å². The molecule has 0 spiro atoms. The van der Waals surface area contributed by atoms with Crippen molar-refractivity contribution in [1.82, 2.24) is 0 Å². The molecule has 0 heterocycles. The maximum atomic E-state index is 12.8. The predicted octanol–water partition coefficient (Wildman–Crippen LogP) is 8.82. The van der Waals surface area contributed by atoms with Crippen molar-refractivity contribution in [2.24, 2.45) is 0 Å². The summed E-state index contributed by atoms with van der Waals surface area (Å²) in [7, 11) is 0. The molecule has 0 saturated heterocycles. The lowest BCUT2D eigenvalue weighted by atomic mass is 10.1. The number of rotatable bonds is 6. The van der Waals surface area contributed by atoms with Crippen molar-refractivity contribution >= 4 is 93.0 Å². The molecular weight excluding hydrogens is 703 g/mol. The van der Waals surface area contributed by atoms with Gasteiger partial charge in [-0.1, -0.05) is 29.8 Å². The number of nitrogens with one attached hydrogen (secondary N) is 1. The highest BCUT2D eigenvalue weighted by Crippen LogP contribution is 2.37. The van der Waals surface area contributed by atoms with Crippen LogP contribution in [0.1, 0.15) is 16.7 Å². The van der Waals surface area contributed by atoms with Gasteiger partial charge in [0.1, 0.15) is 24.0 Å². The van der Waals surface area contributed by atoms with E-state index < -0.39 is 5.91 Å². The van der Waals surface area contributed by atoms with E-state index in [2.05, 4.69) is 69.0 Å². The van der Waals surface area contributed by atoms with Gasteiger partial charge in [-0.05, 0) is 118 Å². The molecule has 0 unspecified atom stereocenters. The molecule has 0 saturated carbocycles.